The summed E-state index contributed by atoms with van der Waals surface area (Å²) in [4.78, 5) is 26.2. The predicted molar refractivity (Wildman–Crippen MR) is 102 cm³/mol. The molecule has 7 nitrogen and oxygen atoms in total. The Kier molecular flexibility index (Phi) is 9.91. The van der Waals surface area contributed by atoms with Crippen molar-refractivity contribution in [1.82, 2.24) is 20.9 Å². The van der Waals surface area contributed by atoms with Crippen LogP contribution in [0.4, 0.5) is 10.5 Å². The molecule has 0 radical (unpaired) electrons. The van der Waals surface area contributed by atoms with Crippen LogP contribution in [0, 0.1) is 0 Å². The number of carbonyl (C=O) groups excluding carboxylic acids is 2. The molecule has 25 heavy (non-hydrogen) atoms. The molecule has 1 atom stereocenters. The molecule has 0 aromatic heterocycles. The largest absolute Gasteiger partial charge is 0.354 e. The third-order valence-electron chi connectivity index (χ3n) is 3.93. The number of halogens is 1. The molecular weight excluding hydrogens is 342 g/mol. The van der Waals surface area contributed by atoms with Gasteiger partial charge in [0.05, 0.1) is 0 Å². The van der Waals surface area contributed by atoms with E-state index in [0.717, 1.165) is 39.1 Å². The summed E-state index contributed by atoms with van der Waals surface area (Å²) in [5.74, 6) is -0.168. The maximum absolute atomic E-state index is 12.0. The minimum absolute atomic E-state index is 0. The minimum atomic E-state index is -0.576. The molecule has 4 N–H and O–H groups in total. The van der Waals surface area contributed by atoms with E-state index in [9.17, 15) is 9.59 Å². The van der Waals surface area contributed by atoms with Crippen molar-refractivity contribution in [3.63, 3.8) is 0 Å². The molecule has 8 heteroatoms. The molecule has 1 aliphatic heterocycles. The van der Waals surface area contributed by atoms with Gasteiger partial charge in [0, 0.05) is 38.4 Å². The number of urea groups is 1. The highest BCUT2D eigenvalue weighted by Gasteiger charge is 2.15. The van der Waals surface area contributed by atoms with Crippen molar-refractivity contribution in [2.24, 2.45) is 0 Å². The number of piperazine rings is 1. The molecule has 140 valence electrons. The molecule has 1 aromatic carbocycles. The minimum Gasteiger partial charge on any atom is -0.354 e. The lowest BCUT2D eigenvalue weighted by molar-refractivity contribution is -0.122. The van der Waals surface area contributed by atoms with E-state index in [1.54, 1.807) is 19.1 Å². The summed E-state index contributed by atoms with van der Waals surface area (Å²) < 4.78 is 0. The molecule has 1 heterocycles. The lowest BCUT2D eigenvalue weighted by atomic mass is 10.3. The number of para-hydroxylation sites is 1. The number of carbonyl (C=O) groups is 2. The summed E-state index contributed by atoms with van der Waals surface area (Å²) in [6.45, 7) is 7.47. The zero-order valence-corrected chi connectivity index (χ0v) is 15.4. The van der Waals surface area contributed by atoms with Gasteiger partial charge in [0.15, 0.2) is 0 Å². The van der Waals surface area contributed by atoms with E-state index in [2.05, 4.69) is 26.2 Å². The highest BCUT2D eigenvalue weighted by atomic mass is 35.5. The highest BCUT2D eigenvalue weighted by Crippen LogP contribution is 2.04. The number of hydrogen-bond acceptors (Lipinski definition) is 4. The average molecular weight is 370 g/mol. The zero-order chi connectivity index (χ0) is 17.2. The lowest BCUT2D eigenvalue weighted by Gasteiger charge is -2.27. The van der Waals surface area contributed by atoms with Crippen LogP contribution in [-0.4, -0.2) is 62.1 Å². The molecule has 0 spiro atoms. The van der Waals surface area contributed by atoms with Crippen LogP contribution >= 0.6 is 12.4 Å². The van der Waals surface area contributed by atoms with Gasteiger partial charge in [0.25, 0.3) is 0 Å². The fourth-order valence-electron chi connectivity index (χ4n) is 2.55. The molecule has 0 bridgehead atoms. The Labute approximate surface area is 155 Å². The molecular formula is C17H28ClN5O2. The second-order valence-electron chi connectivity index (χ2n) is 5.92. The van der Waals surface area contributed by atoms with Crippen molar-refractivity contribution in [1.29, 1.82) is 0 Å². The summed E-state index contributed by atoms with van der Waals surface area (Å²) in [5, 5.41) is 11.5. The summed E-state index contributed by atoms with van der Waals surface area (Å²) >= 11 is 0. The van der Waals surface area contributed by atoms with E-state index < -0.39 is 6.04 Å². The van der Waals surface area contributed by atoms with Gasteiger partial charge in [0.2, 0.25) is 5.91 Å². The molecule has 1 aromatic rings. The van der Waals surface area contributed by atoms with Crippen LogP contribution < -0.4 is 21.3 Å². The van der Waals surface area contributed by atoms with Crippen LogP contribution in [0.5, 0.6) is 0 Å². The number of hydrogen-bond donors (Lipinski definition) is 4. The number of amides is 3. The van der Waals surface area contributed by atoms with Crippen LogP contribution in [-0.2, 0) is 4.79 Å². The van der Waals surface area contributed by atoms with Crippen LogP contribution in [0.25, 0.3) is 0 Å². The van der Waals surface area contributed by atoms with Crippen molar-refractivity contribution < 1.29 is 9.59 Å². The number of anilines is 1. The second-order valence-corrected chi connectivity index (χ2v) is 5.92. The number of rotatable bonds is 7. The normalized spacial score (nSPS) is 15.6. The molecule has 2 rings (SSSR count). The first-order valence-electron chi connectivity index (χ1n) is 8.48. The van der Waals surface area contributed by atoms with E-state index in [1.165, 1.54) is 0 Å². The van der Waals surface area contributed by atoms with Crippen LogP contribution in [0.3, 0.4) is 0 Å². The Morgan fingerprint density at radius 2 is 1.88 bits per heavy atom. The van der Waals surface area contributed by atoms with Crippen molar-refractivity contribution in [3.8, 4) is 0 Å². The molecule has 1 fully saturated rings. The van der Waals surface area contributed by atoms with Crippen LogP contribution in [0.15, 0.2) is 30.3 Å². The highest BCUT2D eigenvalue weighted by molar-refractivity contribution is 5.93. The van der Waals surface area contributed by atoms with Gasteiger partial charge in [-0.2, -0.15) is 0 Å². The number of benzene rings is 1. The van der Waals surface area contributed by atoms with Gasteiger partial charge in [-0.1, -0.05) is 18.2 Å². The quantitative estimate of drug-likeness (QED) is 0.541. The second kappa shape index (κ2) is 11.7. The molecule has 1 aliphatic rings. The maximum atomic E-state index is 12.0. The van der Waals surface area contributed by atoms with Gasteiger partial charge in [0.1, 0.15) is 6.04 Å². The van der Waals surface area contributed by atoms with Crippen molar-refractivity contribution >= 4 is 30.0 Å². The zero-order valence-electron chi connectivity index (χ0n) is 14.6. The number of nitrogens with one attached hydrogen (secondary N) is 4. The third-order valence-corrected chi connectivity index (χ3v) is 3.93. The van der Waals surface area contributed by atoms with Gasteiger partial charge < -0.3 is 26.2 Å². The first-order valence-corrected chi connectivity index (χ1v) is 8.48. The monoisotopic (exact) mass is 369 g/mol. The van der Waals surface area contributed by atoms with Crippen molar-refractivity contribution in [2.45, 2.75) is 19.4 Å². The summed E-state index contributed by atoms with van der Waals surface area (Å²) in [6.07, 6.45) is 0.911. The average Bonchev–Trinajstić information content (AvgIpc) is 2.60. The standard InChI is InChI=1S/C17H27N5O2.ClH/c1-14(20-17(24)21-15-6-3-2-4-7-15)16(23)19-8-5-11-22-12-9-18-10-13-22;/h2-4,6-7,14,18H,5,8-13H2,1H3,(H,19,23)(H2,20,21,24);1H. The summed E-state index contributed by atoms with van der Waals surface area (Å²) in [5.41, 5.74) is 0.693. The fraction of sp³-hybridized carbons (Fsp3) is 0.529. The lowest BCUT2D eigenvalue weighted by Crippen LogP contribution is -2.47. The molecule has 1 saturated heterocycles. The summed E-state index contributed by atoms with van der Waals surface area (Å²) in [6, 6.07) is 8.17. The van der Waals surface area contributed by atoms with Gasteiger partial charge in [-0.15, -0.1) is 12.4 Å². The van der Waals surface area contributed by atoms with Crippen molar-refractivity contribution in [3.05, 3.63) is 30.3 Å². The molecule has 1 unspecified atom stereocenters. The molecule has 0 saturated carbocycles. The van der Waals surface area contributed by atoms with E-state index in [1.807, 2.05) is 18.2 Å². The smallest absolute Gasteiger partial charge is 0.319 e. The van der Waals surface area contributed by atoms with E-state index in [-0.39, 0.29) is 24.3 Å². The Balaban J connectivity index is 0.00000312. The van der Waals surface area contributed by atoms with Gasteiger partial charge in [-0.25, -0.2) is 4.79 Å². The Morgan fingerprint density at radius 1 is 1.20 bits per heavy atom. The van der Waals surface area contributed by atoms with E-state index >= 15 is 0 Å². The maximum Gasteiger partial charge on any atom is 0.319 e. The first-order chi connectivity index (χ1) is 11.6. The van der Waals surface area contributed by atoms with Crippen LogP contribution in [0.1, 0.15) is 13.3 Å². The van der Waals surface area contributed by atoms with Crippen molar-refractivity contribution in [2.75, 3.05) is 44.6 Å². The Hall–Kier alpha value is -1.83. The van der Waals surface area contributed by atoms with Crippen LogP contribution in [0.2, 0.25) is 0 Å². The fourth-order valence-corrected chi connectivity index (χ4v) is 2.55. The van der Waals surface area contributed by atoms with E-state index in [0.29, 0.717) is 12.2 Å². The van der Waals surface area contributed by atoms with E-state index in [4.69, 9.17) is 0 Å². The van der Waals surface area contributed by atoms with Gasteiger partial charge in [-0.3, -0.25) is 4.79 Å². The molecule has 3 amide bonds. The SMILES string of the molecule is CC(NC(=O)Nc1ccccc1)C(=O)NCCCN1CCNCC1.Cl. The Morgan fingerprint density at radius 3 is 2.56 bits per heavy atom. The predicted octanol–water partition coefficient (Wildman–Crippen LogP) is 1.03. The number of nitrogens with zero attached hydrogens (tertiary/aromatic N) is 1. The topological polar surface area (TPSA) is 85.5 Å². The molecule has 0 aliphatic carbocycles. The Bertz CT molecular complexity index is 523. The third kappa shape index (κ3) is 8.20. The first kappa shape index (κ1) is 21.2. The van der Waals surface area contributed by atoms with Gasteiger partial charge in [-0.05, 0) is 32.0 Å². The van der Waals surface area contributed by atoms with Gasteiger partial charge >= 0.3 is 6.03 Å². The summed E-state index contributed by atoms with van der Waals surface area (Å²) in [7, 11) is 0.